The second kappa shape index (κ2) is 2.26. The summed E-state index contributed by atoms with van der Waals surface area (Å²) in [4.78, 5) is 0. The third-order valence-corrected chi connectivity index (χ3v) is 1.84. The molecular weight excluding hydrogens is 106 g/mol. The molecule has 1 nitrogen and oxygen atoms in total. The first-order valence-corrected chi connectivity index (χ1v) is 3.47. The molecule has 40 valence electrons. The summed E-state index contributed by atoms with van der Waals surface area (Å²) >= 11 is 1.88. The lowest BCUT2D eigenvalue weighted by atomic mass is 10.5. The van der Waals surface area contributed by atoms with Crippen molar-refractivity contribution >= 4 is 11.8 Å². The van der Waals surface area contributed by atoms with Crippen molar-refractivity contribution in [1.29, 1.82) is 0 Å². The molecule has 0 spiro atoms. The molecule has 1 rings (SSSR count). The summed E-state index contributed by atoms with van der Waals surface area (Å²) in [6, 6.07) is 0. The minimum absolute atomic E-state index is 1.13. The van der Waals surface area contributed by atoms with Crippen LogP contribution in [0, 0.1) is 0 Å². The van der Waals surface area contributed by atoms with Crippen LogP contribution in [0.15, 0.2) is 11.1 Å². The van der Waals surface area contributed by atoms with Crippen molar-refractivity contribution in [3.8, 4) is 0 Å². The van der Waals surface area contributed by atoms with E-state index in [-0.39, 0.29) is 0 Å². The molecule has 2 heteroatoms. The van der Waals surface area contributed by atoms with Crippen molar-refractivity contribution in [2.75, 3.05) is 12.3 Å². The van der Waals surface area contributed by atoms with E-state index in [1.165, 1.54) is 11.4 Å². The Morgan fingerprint density at radius 1 is 1.86 bits per heavy atom. The van der Waals surface area contributed by atoms with Crippen LogP contribution in [0.25, 0.3) is 0 Å². The zero-order valence-corrected chi connectivity index (χ0v) is 5.22. The van der Waals surface area contributed by atoms with E-state index in [1.54, 1.807) is 0 Å². The van der Waals surface area contributed by atoms with E-state index < -0.39 is 0 Å². The van der Waals surface area contributed by atoms with Crippen LogP contribution in [-0.4, -0.2) is 12.3 Å². The third-order valence-electron chi connectivity index (χ3n) is 0.884. The summed E-state index contributed by atoms with van der Waals surface area (Å²) in [6.07, 6.45) is 0. The van der Waals surface area contributed by atoms with Gasteiger partial charge in [0.05, 0.1) is 0 Å². The summed E-state index contributed by atoms with van der Waals surface area (Å²) in [7, 11) is 0. The average Bonchev–Trinajstić information content (AvgIpc) is 1.69. The van der Waals surface area contributed by atoms with E-state index in [2.05, 4.69) is 17.6 Å². The molecule has 7 heavy (non-hydrogen) atoms. The molecular formula is C5H9NS. The van der Waals surface area contributed by atoms with Crippen molar-refractivity contribution in [3.63, 3.8) is 0 Å². The quantitative estimate of drug-likeness (QED) is 0.509. The molecule has 1 aliphatic rings. The topological polar surface area (TPSA) is 12.0 Å². The Balaban J connectivity index is 2.40. The van der Waals surface area contributed by atoms with E-state index in [0.29, 0.717) is 0 Å². The Labute approximate surface area is 48.2 Å². The maximum atomic E-state index is 3.22. The summed E-state index contributed by atoms with van der Waals surface area (Å²) in [5, 5.41) is 5.38. The molecule has 0 aromatic heterocycles. The normalized spacial score (nSPS) is 20.4. The van der Waals surface area contributed by atoms with Gasteiger partial charge in [-0.3, -0.25) is 0 Å². The summed E-state index contributed by atoms with van der Waals surface area (Å²) in [6.45, 7) is 3.22. The molecule has 1 heterocycles. The molecule has 0 saturated carbocycles. The maximum absolute atomic E-state index is 3.22. The molecule has 0 fully saturated rings. The van der Waals surface area contributed by atoms with E-state index in [1.807, 2.05) is 11.8 Å². The summed E-state index contributed by atoms with van der Waals surface area (Å²) in [5.41, 5.74) is 1.30. The van der Waals surface area contributed by atoms with Gasteiger partial charge >= 0.3 is 0 Å². The van der Waals surface area contributed by atoms with Gasteiger partial charge in [-0.05, 0) is 12.3 Å². The van der Waals surface area contributed by atoms with Gasteiger partial charge in [-0.1, -0.05) is 0 Å². The van der Waals surface area contributed by atoms with Gasteiger partial charge < -0.3 is 5.32 Å². The lowest BCUT2D eigenvalue weighted by Crippen LogP contribution is -2.17. The van der Waals surface area contributed by atoms with Gasteiger partial charge in [-0.2, -0.15) is 0 Å². The highest BCUT2D eigenvalue weighted by atomic mass is 32.2. The van der Waals surface area contributed by atoms with Crippen LogP contribution in [-0.2, 0) is 0 Å². The second-order valence-electron chi connectivity index (χ2n) is 1.60. The minimum Gasteiger partial charge on any atom is -0.387 e. The van der Waals surface area contributed by atoms with E-state index in [4.69, 9.17) is 0 Å². The number of thioether (sulfide) groups is 1. The van der Waals surface area contributed by atoms with Crippen molar-refractivity contribution in [3.05, 3.63) is 11.1 Å². The Morgan fingerprint density at radius 3 is 3.00 bits per heavy atom. The van der Waals surface area contributed by atoms with E-state index in [9.17, 15) is 0 Å². The molecule has 0 radical (unpaired) electrons. The average molecular weight is 115 g/mol. The van der Waals surface area contributed by atoms with Crippen LogP contribution < -0.4 is 5.32 Å². The lowest BCUT2D eigenvalue weighted by Gasteiger charge is -2.09. The standard InChI is InChI=1S/C5H9NS/c1-5-4-7-3-2-6-5/h4,6H,2-3H2,1H3. The molecule has 0 aromatic rings. The molecule has 0 aromatic carbocycles. The summed E-state index contributed by atoms with van der Waals surface area (Å²) in [5.74, 6) is 1.22. The molecule has 0 atom stereocenters. The van der Waals surface area contributed by atoms with Crippen LogP contribution in [0.1, 0.15) is 6.92 Å². The van der Waals surface area contributed by atoms with Crippen LogP contribution in [0.5, 0.6) is 0 Å². The highest BCUT2D eigenvalue weighted by Gasteiger charge is 1.93. The number of rotatable bonds is 0. The lowest BCUT2D eigenvalue weighted by molar-refractivity contribution is 0.857. The van der Waals surface area contributed by atoms with E-state index >= 15 is 0 Å². The van der Waals surface area contributed by atoms with Gasteiger partial charge in [-0.15, -0.1) is 11.8 Å². The molecule has 0 aliphatic carbocycles. The van der Waals surface area contributed by atoms with Gasteiger partial charge in [0.25, 0.3) is 0 Å². The molecule has 0 amide bonds. The minimum atomic E-state index is 1.13. The van der Waals surface area contributed by atoms with Crippen LogP contribution in [0.2, 0.25) is 0 Å². The van der Waals surface area contributed by atoms with Crippen LogP contribution in [0.4, 0.5) is 0 Å². The van der Waals surface area contributed by atoms with Gasteiger partial charge in [0.15, 0.2) is 0 Å². The smallest absolute Gasteiger partial charge is 0.0238 e. The van der Waals surface area contributed by atoms with Crippen molar-refractivity contribution in [2.24, 2.45) is 0 Å². The molecule has 1 aliphatic heterocycles. The number of hydrogen-bond acceptors (Lipinski definition) is 2. The predicted octanol–water partition coefficient (Wildman–Crippen LogP) is 1.18. The molecule has 1 N–H and O–H groups in total. The fourth-order valence-electron chi connectivity index (χ4n) is 0.533. The zero-order chi connectivity index (χ0) is 5.11. The first-order valence-electron chi connectivity index (χ1n) is 2.42. The van der Waals surface area contributed by atoms with E-state index in [0.717, 1.165) is 6.54 Å². The van der Waals surface area contributed by atoms with Crippen molar-refractivity contribution in [1.82, 2.24) is 5.32 Å². The van der Waals surface area contributed by atoms with Crippen molar-refractivity contribution < 1.29 is 0 Å². The van der Waals surface area contributed by atoms with Crippen LogP contribution in [0.3, 0.4) is 0 Å². The Bertz CT molecular complexity index is 88.1. The zero-order valence-electron chi connectivity index (χ0n) is 4.40. The van der Waals surface area contributed by atoms with Gasteiger partial charge in [0.2, 0.25) is 0 Å². The largest absolute Gasteiger partial charge is 0.387 e. The summed E-state index contributed by atoms with van der Waals surface area (Å²) < 4.78 is 0. The fraction of sp³-hybridized carbons (Fsp3) is 0.600. The molecule has 0 saturated heterocycles. The molecule has 0 unspecified atom stereocenters. The van der Waals surface area contributed by atoms with Crippen LogP contribution >= 0.6 is 11.8 Å². The maximum Gasteiger partial charge on any atom is 0.0238 e. The van der Waals surface area contributed by atoms with Crippen molar-refractivity contribution in [2.45, 2.75) is 6.92 Å². The number of allylic oxidation sites excluding steroid dienone is 1. The monoisotopic (exact) mass is 115 g/mol. The number of nitrogens with one attached hydrogen (secondary N) is 1. The van der Waals surface area contributed by atoms with Gasteiger partial charge in [-0.25, -0.2) is 0 Å². The molecule has 0 bridgehead atoms. The second-order valence-corrected chi connectivity index (χ2v) is 2.58. The SMILES string of the molecule is CC1=CSCCN1. The highest BCUT2D eigenvalue weighted by Crippen LogP contribution is 2.07. The number of hydrogen-bond donors (Lipinski definition) is 1. The van der Waals surface area contributed by atoms with Gasteiger partial charge in [0, 0.05) is 18.0 Å². The Hall–Kier alpha value is -0.110. The third kappa shape index (κ3) is 1.43. The first-order chi connectivity index (χ1) is 3.39. The Kier molecular flexibility index (Phi) is 1.63. The Morgan fingerprint density at radius 2 is 2.71 bits per heavy atom. The van der Waals surface area contributed by atoms with Gasteiger partial charge in [0.1, 0.15) is 0 Å². The fourth-order valence-corrected chi connectivity index (χ4v) is 1.20. The predicted molar refractivity (Wildman–Crippen MR) is 34.2 cm³/mol. The first kappa shape index (κ1) is 5.04. The highest BCUT2D eigenvalue weighted by molar-refractivity contribution is 8.02.